The molecule has 4 heteroatoms. The van der Waals surface area contributed by atoms with Gasteiger partial charge in [-0.15, -0.1) is 0 Å². The van der Waals surface area contributed by atoms with Crippen molar-refractivity contribution in [3.8, 4) is 5.75 Å². The third-order valence-electron chi connectivity index (χ3n) is 3.84. The molecule has 21 heavy (non-hydrogen) atoms. The first-order chi connectivity index (χ1) is 9.86. The Balaban J connectivity index is 3.05. The largest absolute Gasteiger partial charge is 0.503 e. The van der Waals surface area contributed by atoms with E-state index in [1.165, 1.54) is 6.07 Å². The van der Waals surface area contributed by atoms with Crippen molar-refractivity contribution in [2.24, 2.45) is 5.92 Å². The molecule has 0 aliphatic rings. The molecule has 1 heterocycles. The maximum Gasteiger partial charge on any atom is 0.223 e. The van der Waals surface area contributed by atoms with Crippen molar-refractivity contribution in [2.75, 3.05) is 13.6 Å². The number of aromatic nitrogens is 1. The first-order valence-electron chi connectivity index (χ1n) is 7.97. The van der Waals surface area contributed by atoms with Gasteiger partial charge in [0.15, 0.2) is 5.75 Å². The van der Waals surface area contributed by atoms with Gasteiger partial charge in [0.1, 0.15) is 0 Å². The van der Waals surface area contributed by atoms with Crippen LogP contribution in [0, 0.1) is 12.8 Å². The highest BCUT2D eigenvalue weighted by Gasteiger charge is 2.15. The minimum Gasteiger partial charge on any atom is -0.503 e. The number of unbranched alkanes of at least 4 members (excludes halogenated alkanes) is 1. The molecule has 0 saturated carbocycles. The molecule has 0 spiro atoms. The van der Waals surface area contributed by atoms with Gasteiger partial charge in [-0.25, -0.2) is 0 Å². The lowest BCUT2D eigenvalue weighted by Crippen LogP contribution is -2.25. The fourth-order valence-electron chi connectivity index (χ4n) is 2.44. The van der Waals surface area contributed by atoms with E-state index in [1.54, 1.807) is 0 Å². The van der Waals surface area contributed by atoms with Crippen molar-refractivity contribution < 1.29 is 5.11 Å². The van der Waals surface area contributed by atoms with E-state index in [0.717, 1.165) is 43.7 Å². The summed E-state index contributed by atoms with van der Waals surface area (Å²) >= 11 is 0. The van der Waals surface area contributed by atoms with Crippen LogP contribution in [0.2, 0.25) is 0 Å². The fraction of sp³-hybridized carbons (Fsp3) is 0.706. The minimum absolute atomic E-state index is 0.0901. The molecule has 0 saturated heterocycles. The third-order valence-corrected chi connectivity index (χ3v) is 3.84. The van der Waals surface area contributed by atoms with Crippen LogP contribution in [0.5, 0.6) is 5.75 Å². The summed E-state index contributed by atoms with van der Waals surface area (Å²) in [5.41, 5.74) is 1.41. The van der Waals surface area contributed by atoms with Gasteiger partial charge in [-0.2, -0.15) is 0 Å². The van der Waals surface area contributed by atoms with Gasteiger partial charge in [0.05, 0.1) is 5.69 Å². The van der Waals surface area contributed by atoms with Gasteiger partial charge in [-0.05, 0) is 39.3 Å². The van der Waals surface area contributed by atoms with Gasteiger partial charge in [-0.3, -0.25) is 4.79 Å². The molecule has 0 aliphatic carbocycles. The molecule has 4 nitrogen and oxygen atoms in total. The van der Waals surface area contributed by atoms with E-state index in [2.05, 4.69) is 30.2 Å². The molecule has 0 aromatic carbocycles. The summed E-state index contributed by atoms with van der Waals surface area (Å²) in [4.78, 5) is 14.0. The fourth-order valence-corrected chi connectivity index (χ4v) is 2.44. The van der Waals surface area contributed by atoms with Gasteiger partial charge in [0.2, 0.25) is 5.43 Å². The highest BCUT2D eigenvalue weighted by atomic mass is 16.3. The average Bonchev–Trinajstić information content (AvgIpc) is 2.41. The molecular weight excluding hydrogens is 264 g/mol. The summed E-state index contributed by atoms with van der Waals surface area (Å²) in [6.45, 7) is 10.9. The number of rotatable bonds is 8. The second-order valence-electron chi connectivity index (χ2n) is 6.37. The molecule has 1 aromatic rings. The predicted molar refractivity (Wildman–Crippen MR) is 87.8 cm³/mol. The smallest absolute Gasteiger partial charge is 0.223 e. The van der Waals surface area contributed by atoms with Crippen LogP contribution >= 0.6 is 0 Å². The van der Waals surface area contributed by atoms with E-state index < -0.39 is 0 Å². The second kappa shape index (κ2) is 8.23. The third kappa shape index (κ3) is 5.20. The number of aryl methyl sites for hydroxylation is 1. The van der Waals surface area contributed by atoms with E-state index in [0.29, 0.717) is 12.5 Å². The van der Waals surface area contributed by atoms with Crippen molar-refractivity contribution in [2.45, 2.75) is 60.0 Å². The zero-order valence-corrected chi connectivity index (χ0v) is 14.1. The van der Waals surface area contributed by atoms with Crippen LogP contribution < -0.4 is 5.43 Å². The molecule has 120 valence electrons. The first kappa shape index (κ1) is 17.8. The number of nitrogens with zero attached hydrogens (tertiary/aromatic N) is 2. The molecule has 0 atom stereocenters. The van der Waals surface area contributed by atoms with Crippen LogP contribution in [0.4, 0.5) is 0 Å². The van der Waals surface area contributed by atoms with Crippen molar-refractivity contribution in [3.63, 3.8) is 0 Å². The Bertz CT molecular complexity index is 506. The summed E-state index contributed by atoms with van der Waals surface area (Å²) in [5, 5.41) is 10.2. The minimum atomic E-state index is -0.271. The van der Waals surface area contributed by atoms with Crippen LogP contribution in [0.3, 0.4) is 0 Å². The van der Waals surface area contributed by atoms with Crippen LogP contribution in [-0.2, 0) is 13.1 Å². The molecule has 0 unspecified atom stereocenters. The van der Waals surface area contributed by atoms with Crippen molar-refractivity contribution in [1.82, 2.24) is 9.47 Å². The molecule has 0 bridgehead atoms. The molecule has 1 rings (SSSR count). The van der Waals surface area contributed by atoms with E-state index in [9.17, 15) is 9.90 Å². The Hall–Kier alpha value is -1.29. The quantitative estimate of drug-likeness (QED) is 0.801. The Morgan fingerprint density at radius 1 is 1.38 bits per heavy atom. The molecule has 0 fully saturated rings. The number of pyridine rings is 1. The summed E-state index contributed by atoms with van der Waals surface area (Å²) < 4.78 is 2.10. The molecule has 1 N–H and O–H groups in total. The summed E-state index contributed by atoms with van der Waals surface area (Å²) in [6, 6.07) is 1.53. The maximum atomic E-state index is 11.9. The van der Waals surface area contributed by atoms with Gasteiger partial charge in [0, 0.05) is 24.8 Å². The molecule has 0 radical (unpaired) electrons. The Labute approximate surface area is 128 Å². The Morgan fingerprint density at radius 2 is 2.05 bits per heavy atom. The summed E-state index contributed by atoms with van der Waals surface area (Å²) in [6.07, 6.45) is 3.30. The van der Waals surface area contributed by atoms with Crippen LogP contribution in [0.25, 0.3) is 0 Å². The number of aromatic hydroxyl groups is 1. The summed E-state index contributed by atoms with van der Waals surface area (Å²) in [7, 11) is 2.04. The Kier molecular flexibility index (Phi) is 6.96. The van der Waals surface area contributed by atoms with Crippen LogP contribution in [0.15, 0.2) is 10.9 Å². The summed E-state index contributed by atoms with van der Waals surface area (Å²) in [5.74, 6) is 0.504. The molecule has 0 aliphatic heterocycles. The molecule has 1 aromatic heterocycles. The first-order valence-corrected chi connectivity index (χ1v) is 7.97. The normalized spacial score (nSPS) is 11.6. The van der Waals surface area contributed by atoms with Crippen molar-refractivity contribution in [3.05, 3.63) is 27.7 Å². The van der Waals surface area contributed by atoms with Gasteiger partial charge >= 0.3 is 0 Å². The topological polar surface area (TPSA) is 45.5 Å². The van der Waals surface area contributed by atoms with E-state index in [4.69, 9.17) is 0 Å². The zero-order chi connectivity index (χ0) is 16.0. The van der Waals surface area contributed by atoms with Crippen LogP contribution in [-0.4, -0.2) is 28.2 Å². The SMILES string of the molecule is CCCCN(C)Cc1c(O)c(=O)cc(C)n1CCC(C)C. The standard InChI is InChI=1S/C17H30N2O2/c1-6-7-9-18(5)12-15-17(21)16(20)11-14(4)19(15)10-8-13(2)3/h11,13,21H,6-10,12H2,1-5H3. The number of hydrogen-bond donors (Lipinski definition) is 1. The van der Waals surface area contributed by atoms with Gasteiger partial charge in [-0.1, -0.05) is 27.2 Å². The second-order valence-corrected chi connectivity index (χ2v) is 6.37. The highest BCUT2D eigenvalue weighted by Crippen LogP contribution is 2.18. The lowest BCUT2D eigenvalue weighted by molar-refractivity contribution is 0.299. The maximum absolute atomic E-state index is 11.9. The monoisotopic (exact) mass is 294 g/mol. The van der Waals surface area contributed by atoms with E-state index >= 15 is 0 Å². The van der Waals surface area contributed by atoms with Crippen molar-refractivity contribution >= 4 is 0 Å². The number of hydrogen-bond acceptors (Lipinski definition) is 3. The lowest BCUT2D eigenvalue weighted by atomic mass is 10.1. The zero-order valence-electron chi connectivity index (χ0n) is 14.1. The molecule has 0 amide bonds. The average molecular weight is 294 g/mol. The highest BCUT2D eigenvalue weighted by molar-refractivity contribution is 5.29. The predicted octanol–water partition coefficient (Wildman–Crippen LogP) is 3.14. The van der Waals surface area contributed by atoms with Crippen LogP contribution in [0.1, 0.15) is 51.4 Å². The van der Waals surface area contributed by atoms with Gasteiger partial charge < -0.3 is 14.6 Å². The Morgan fingerprint density at radius 3 is 2.62 bits per heavy atom. The van der Waals surface area contributed by atoms with Gasteiger partial charge in [0.25, 0.3) is 0 Å². The van der Waals surface area contributed by atoms with Crippen molar-refractivity contribution in [1.29, 1.82) is 0 Å². The molecular formula is C17H30N2O2. The van der Waals surface area contributed by atoms with E-state index in [-0.39, 0.29) is 11.2 Å². The van der Waals surface area contributed by atoms with E-state index in [1.807, 2.05) is 14.0 Å². The lowest BCUT2D eigenvalue weighted by Gasteiger charge is -2.23.